The fourth-order valence-corrected chi connectivity index (χ4v) is 4.39. The molecule has 9 nitrogen and oxygen atoms in total. The Hall–Kier alpha value is -3.92. The molecule has 3 aromatic carbocycles. The molecule has 202 valence electrons. The number of nitrogens with zero attached hydrogens (tertiary/aromatic N) is 1. The molecule has 1 fully saturated rings. The standard InChI is InChI=1S/C27H21Cl3N2O7/c1-36-21-12-20(22(37-2)11-18(21)29)32-26(34)17(25(33)31-27(32)35)8-15-9-19(30)24(23(10-15)38-3)39-13-14-4-6-16(28)7-5-14/h4-12H,13H2,1-3H3,(H,31,33,35)/b17-8+. The number of barbiturate groups is 1. The van der Waals surface area contributed by atoms with Crippen LogP contribution in [0.3, 0.4) is 0 Å². The van der Waals surface area contributed by atoms with E-state index in [1.807, 2.05) is 12.1 Å². The van der Waals surface area contributed by atoms with Crippen LogP contribution in [0.25, 0.3) is 6.08 Å². The van der Waals surface area contributed by atoms with E-state index in [9.17, 15) is 14.4 Å². The molecule has 4 rings (SSSR count). The van der Waals surface area contributed by atoms with E-state index in [2.05, 4.69) is 5.32 Å². The fourth-order valence-electron chi connectivity index (χ4n) is 3.76. The average Bonchev–Trinajstić information content (AvgIpc) is 2.91. The van der Waals surface area contributed by atoms with Gasteiger partial charge in [-0.2, -0.15) is 0 Å². The molecular formula is C27H21Cl3N2O7. The van der Waals surface area contributed by atoms with Gasteiger partial charge in [0.05, 0.1) is 37.1 Å². The Balaban J connectivity index is 1.68. The van der Waals surface area contributed by atoms with Crippen molar-refractivity contribution in [3.63, 3.8) is 0 Å². The Kier molecular flexibility index (Phi) is 8.54. The summed E-state index contributed by atoms with van der Waals surface area (Å²) in [6.45, 7) is 0.192. The summed E-state index contributed by atoms with van der Waals surface area (Å²) < 4.78 is 21.8. The smallest absolute Gasteiger partial charge is 0.336 e. The summed E-state index contributed by atoms with van der Waals surface area (Å²) in [4.78, 5) is 39.6. The van der Waals surface area contributed by atoms with Crippen molar-refractivity contribution in [1.29, 1.82) is 0 Å². The summed E-state index contributed by atoms with van der Waals surface area (Å²) in [5.41, 5.74) is 0.899. The van der Waals surface area contributed by atoms with Crippen LogP contribution in [0.15, 0.2) is 54.1 Å². The van der Waals surface area contributed by atoms with Gasteiger partial charge >= 0.3 is 6.03 Å². The molecule has 0 aromatic heterocycles. The summed E-state index contributed by atoms with van der Waals surface area (Å²) in [5.74, 6) is -0.940. The predicted octanol–water partition coefficient (Wildman–Crippen LogP) is 5.92. The van der Waals surface area contributed by atoms with E-state index in [-0.39, 0.29) is 50.9 Å². The van der Waals surface area contributed by atoms with Gasteiger partial charge in [-0.05, 0) is 41.5 Å². The number of carbonyl (C=O) groups excluding carboxylic acids is 3. The number of hydrogen-bond donors (Lipinski definition) is 1. The SMILES string of the molecule is COc1cc(N2C(=O)NC(=O)/C(=C\c3cc(Cl)c(OCc4ccc(Cl)cc4)c(OC)c3)C2=O)c(OC)cc1Cl. The van der Waals surface area contributed by atoms with Crippen LogP contribution >= 0.6 is 34.8 Å². The van der Waals surface area contributed by atoms with Crippen LogP contribution in [0.1, 0.15) is 11.1 Å². The first kappa shape index (κ1) is 28.1. The van der Waals surface area contributed by atoms with Gasteiger partial charge in [0.2, 0.25) is 0 Å². The van der Waals surface area contributed by atoms with Gasteiger partial charge in [-0.1, -0.05) is 46.9 Å². The Bertz CT molecular complexity index is 1490. The zero-order valence-electron chi connectivity index (χ0n) is 20.8. The lowest BCUT2D eigenvalue weighted by Gasteiger charge is -2.28. The molecule has 1 heterocycles. The number of anilines is 1. The summed E-state index contributed by atoms with van der Waals surface area (Å²) in [5, 5.41) is 3.14. The Morgan fingerprint density at radius 1 is 0.821 bits per heavy atom. The quantitative estimate of drug-likeness (QED) is 0.256. The molecule has 1 N–H and O–H groups in total. The number of amides is 4. The van der Waals surface area contributed by atoms with E-state index in [0.29, 0.717) is 10.6 Å². The minimum atomic E-state index is -0.966. The van der Waals surface area contributed by atoms with E-state index >= 15 is 0 Å². The molecular weight excluding hydrogens is 571 g/mol. The zero-order chi connectivity index (χ0) is 28.3. The van der Waals surface area contributed by atoms with Crippen molar-refractivity contribution in [2.24, 2.45) is 0 Å². The number of rotatable bonds is 8. The molecule has 39 heavy (non-hydrogen) atoms. The van der Waals surface area contributed by atoms with Crippen LogP contribution in [-0.4, -0.2) is 39.2 Å². The molecule has 0 bridgehead atoms. The molecule has 1 aliphatic rings. The van der Waals surface area contributed by atoms with Crippen molar-refractivity contribution in [3.8, 4) is 23.0 Å². The summed E-state index contributed by atoms with van der Waals surface area (Å²) >= 11 is 18.6. The van der Waals surface area contributed by atoms with E-state index in [4.69, 9.17) is 53.8 Å². The van der Waals surface area contributed by atoms with Crippen molar-refractivity contribution in [1.82, 2.24) is 5.32 Å². The van der Waals surface area contributed by atoms with Gasteiger partial charge < -0.3 is 18.9 Å². The zero-order valence-corrected chi connectivity index (χ0v) is 23.1. The molecule has 0 spiro atoms. The number of benzene rings is 3. The van der Waals surface area contributed by atoms with Crippen molar-refractivity contribution in [2.45, 2.75) is 6.61 Å². The largest absolute Gasteiger partial charge is 0.495 e. The van der Waals surface area contributed by atoms with E-state index in [1.54, 1.807) is 18.2 Å². The number of urea groups is 1. The van der Waals surface area contributed by atoms with E-state index < -0.39 is 17.8 Å². The molecule has 0 unspecified atom stereocenters. The summed E-state index contributed by atoms with van der Waals surface area (Å²) in [6.07, 6.45) is 1.29. The maximum atomic E-state index is 13.4. The Morgan fingerprint density at radius 3 is 2.13 bits per heavy atom. The van der Waals surface area contributed by atoms with Crippen molar-refractivity contribution < 1.29 is 33.3 Å². The lowest BCUT2D eigenvalue weighted by molar-refractivity contribution is -0.122. The third-order valence-corrected chi connectivity index (χ3v) is 6.48. The summed E-state index contributed by atoms with van der Waals surface area (Å²) in [6, 6.07) is 11.9. The highest BCUT2D eigenvalue weighted by Gasteiger charge is 2.38. The normalized spacial score (nSPS) is 14.4. The van der Waals surface area contributed by atoms with Gasteiger partial charge in [0.25, 0.3) is 11.8 Å². The molecule has 3 aromatic rings. The molecule has 12 heteroatoms. The fraction of sp³-hybridized carbons (Fsp3) is 0.148. The molecule has 1 saturated heterocycles. The van der Waals surface area contributed by atoms with E-state index in [0.717, 1.165) is 10.5 Å². The van der Waals surface area contributed by atoms with Crippen molar-refractivity contribution >= 4 is 64.4 Å². The highest BCUT2D eigenvalue weighted by Crippen LogP contribution is 2.40. The van der Waals surface area contributed by atoms with Crippen LogP contribution in [0, 0.1) is 0 Å². The topological polar surface area (TPSA) is 103 Å². The number of methoxy groups -OCH3 is 3. The lowest BCUT2D eigenvalue weighted by Crippen LogP contribution is -2.54. The van der Waals surface area contributed by atoms with Crippen LogP contribution in [0.2, 0.25) is 15.1 Å². The van der Waals surface area contributed by atoms with Gasteiger partial charge in [-0.15, -0.1) is 0 Å². The third-order valence-electron chi connectivity index (χ3n) is 5.66. The average molecular weight is 592 g/mol. The lowest BCUT2D eigenvalue weighted by atomic mass is 10.1. The highest BCUT2D eigenvalue weighted by molar-refractivity contribution is 6.40. The van der Waals surface area contributed by atoms with Gasteiger partial charge in [0, 0.05) is 17.2 Å². The molecule has 0 atom stereocenters. The molecule has 0 radical (unpaired) electrons. The van der Waals surface area contributed by atoms with Gasteiger partial charge in [-0.25, -0.2) is 9.69 Å². The second-order valence-corrected chi connectivity index (χ2v) is 9.32. The maximum absolute atomic E-state index is 13.4. The molecule has 4 amide bonds. The van der Waals surface area contributed by atoms with Crippen LogP contribution in [0.5, 0.6) is 23.0 Å². The first-order valence-corrected chi connectivity index (χ1v) is 12.4. The number of halogens is 3. The Labute approximate surface area is 238 Å². The number of imide groups is 2. The minimum absolute atomic E-state index is 0.0289. The molecule has 0 saturated carbocycles. The van der Waals surface area contributed by atoms with Crippen molar-refractivity contribution in [2.75, 3.05) is 26.2 Å². The summed E-state index contributed by atoms with van der Waals surface area (Å²) in [7, 11) is 4.15. The van der Waals surface area contributed by atoms with Crippen LogP contribution < -0.4 is 29.2 Å². The maximum Gasteiger partial charge on any atom is 0.336 e. The van der Waals surface area contributed by atoms with Crippen LogP contribution in [-0.2, 0) is 16.2 Å². The second kappa shape index (κ2) is 11.9. The molecule has 0 aliphatic carbocycles. The van der Waals surface area contributed by atoms with Crippen LogP contribution in [0.4, 0.5) is 10.5 Å². The highest BCUT2D eigenvalue weighted by atomic mass is 35.5. The van der Waals surface area contributed by atoms with Gasteiger partial charge in [-0.3, -0.25) is 14.9 Å². The van der Waals surface area contributed by atoms with Gasteiger partial charge in [0.1, 0.15) is 23.7 Å². The third kappa shape index (κ3) is 5.90. The first-order valence-electron chi connectivity index (χ1n) is 11.2. The minimum Gasteiger partial charge on any atom is -0.495 e. The van der Waals surface area contributed by atoms with Crippen molar-refractivity contribution in [3.05, 3.63) is 80.3 Å². The first-order chi connectivity index (χ1) is 18.7. The monoisotopic (exact) mass is 590 g/mol. The Morgan fingerprint density at radius 2 is 1.49 bits per heavy atom. The number of ether oxygens (including phenoxy) is 4. The number of nitrogens with one attached hydrogen (secondary N) is 1. The van der Waals surface area contributed by atoms with Gasteiger partial charge in [0.15, 0.2) is 11.5 Å². The number of hydrogen-bond acceptors (Lipinski definition) is 7. The second-order valence-electron chi connectivity index (χ2n) is 8.07. The van der Waals surface area contributed by atoms with E-state index in [1.165, 1.54) is 45.6 Å². The molecule has 1 aliphatic heterocycles. The predicted molar refractivity (Wildman–Crippen MR) is 147 cm³/mol. The number of carbonyl (C=O) groups is 3.